The largest absolute Gasteiger partial charge is 0.379 e. The fraction of sp³-hybridized carbons (Fsp3) is 0.545. The fourth-order valence-corrected chi connectivity index (χ4v) is 4.96. The molecule has 1 aromatic carbocycles. The van der Waals surface area contributed by atoms with Gasteiger partial charge in [-0.15, -0.1) is 11.8 Å². The van der Waals surface area contributed by atoms with Crippen molar-refractivity contribution in [2.75, 3.05) is 45.9 Å². The number of piperidine rings is 1. The van der Waals surface area contributed by atoms with E-state index in [9.17, 15) is 4.79 Å². The van der Waals surface area contributed by atoms with Gasteiger partial charge < -0.3 is 14.2 Å². The van der Waals surface area contributed by atoms with Crippen LogP contribution in [0.4, 0.5) is 0 Å². The normalized spacial score (nSPS) is 18.9. The third kappa shape index (κ3) is 5.41. The monoisotopic (exact) mass is 415 g/mol. The second-order valence-corrected chi connectivity index (χ2v) is 8.89. The molecule has 0 saturated carbocycles. The van der Waals surface area contributed by atoms with Crippen molar-refractivity contribution in [1.82, 2.24) is 15.0 Å². The molecule has 0 unspecified atom stereocenters. The second-order valence-electron chi connectivity index (χ2n) is 7.87. The van der Waals surface area contributed by atoms with Crippen LogP contribution in [0, 0.1) is 12.8 Å². The van der Waals surface area contributed by atoms with Crippen LogP contribution < -0.4 is 0 Å². The molecule has 29 heavy (non-hydrogen) atoms. The number of rotatable bonds is 6. The molecule has 6 nitrogen and oxygen atoms in total. The van der Waals surface area contributed by atoms with Gasteiger partial charge >= 0.3 is 0 Å². The smallest absolute Gasteiger partial charge is 0.254 e. The van der Waals surface area contributed by atoms with E-state index in [2.05, 4.69) is 10.1 Å². The van der Waals surface area contributed by atoms with E-state index in [0.717, 1.165) is 80.7 Å². The zero-order chi connectivity index (χ0) is 20.1. The maximum Gasteiger partial charge on any atom is 0.254 e. The molecule has 1 aromatic heterocycles. The molecule has 2 aliphatic rings. The van der Waals surface area contributed by atoms with Crippen LogP contribution in [0.3, 0.4) is 0 Å². The van der Waals surface area contributed by atoms with Crippen LogP contribution in [0.1, 0.15) is 34.7 Å². The number of ether oxygens (including phenoxy) is 1. The summed E-state index contributed by atoms with van der Waals surface area (Å²) in [5, 5.41) is 3.93. The van der Waals surface area contributed by atoms with Gasteiger partial charge in [0.2, 0.25) is 0 Å². The lowest BCUT2D eigenvalue weighted by Crippen LogP contribution is -2.44. The van der Waals surface area contributed by atoms with Gasteiger partial charge in [0.25, 0.3) is 5.91 Å². The minimum atomic E-state index is 0.145. The molecular formula is C22H29N3O3S. The molecule has 2 saturated heterocycles. The fourth-order valence-electron chi connectivity index (χ4n) is 4.04. The van der Waals surface area contributed by atoms with E-state index < -0.39 is 0 Å². The summed E-state index contributed by atoms with van der Waals surface area (Å²) in [4.78, 5) is 18.7. The molecule has 2 fully saturated rings. The quantitative estimate of drug-likeness (QED) is 0.674. The Labute approximate surface area is 176 Å². The Balaban J connectivity index is 1.32. The van der Waals surface area contributed by atoms with Crippen LogP contribution in [-0.2, 0) is 10.5 Å². The molecule has 0 bridgehead atoms. The number of carbonyl (C=O) groups excluding carboxylic acids is 1. The van der Waals surface area contributed by atoms with Crippen molar-refractivity contribution in [3.63, 3.8) is 0 Å². The van der Waals surface area contributed by atoms with Crippen molar-refractivity contribution in [3.05, 3.63) is 47.3 Å². The standard InChI is InChI=1S/C22H29N3O3S/c1-17-14-19(28-23-17)16-29-21-5-3-2-4-20(21)22(26)25-8-6-18(7-9-25)15-24-10-12-27-13-11-24/h2-5,14,18H,6-13,15-16H2,1H3. The molecule has 0 spiro atoms. The average molecular weight is 416 g/mol. The second kappa shape index (κ2) is 9.78. The van der Waals surface area contributed by atoms with Crippen molar-refractivity contribution in [2.24, 2.45) is 5.92 Å². The maximum atomic E-state index is 13.2. The summed E-state index contributed by atoms with van der Waals surface area (Å²) >= 11 is 1.63. The van der Waals surface area contributed by atoms with Crippen molar-refractivity contribution >= 4 is 17.7 Å². The Hall–Kier alpha value is -1.83. The first kappa shape index (κ1) is 20.4. The summed E-state index contributed by atoms with van der Waals surface area (Å²) < 4.78 is 10.7. The zero-order valence-electron chi connectivity index (χ0n) is 17.0. The first-order valence-electron chi connectivity index (χ1n) is 10.4. The highest BCUT2D eigenvalue weighted by molar-refractivity contribution is 7.98. The third-order valence-corrected chi connectivity index (χ3v) is 6.78. The molecular weight excluding hydrogens is 386 g/mol. The van der Waals surface area contributed by atoms with Gasteiger partial charge in [-0.3, -0.25) is 9.69 Å². The van der Waals surface area contributed by atoms with Gasteiger partial charge in [0.05, 0.1) is 30.2 Å². The summed E-state index contributed by atoms with van der Waals surface area (Å²) in [6.07, 6.45) is 2.16. The number of carbonyl (C=O) groups is 1. The number of benzene rings is 1. The molecule has 156 valence electrons. The highest BCUT2D eigenvalue weighted by atomic mass is 32.2. The van der Waals surface area contributed by atoms with E-state index in [-0.39, 0.29) is 5.91 Å². The minimum Gasteiger partial charge on any atom is -0.379 e. The molecule has 0 aliphatic carbocycles. The molecule has 4 rings (SSSR count). The van der Waals surface area contributed by atoms with E-state index in [1.54, 1.807) is 11.8 Å². The molecule has 0 radical (unpaired) electrons. The summed E-state index contributed by atoms with van der Waals surface area (Å²) in [5.74, 6) is 2.33. The Morgan fingerprint density at radius 3 is 2.66 bits per heavy atom. The van der Waals surface area contributed by atoms with Crippen molar-refractivity contribution in [2.45, 2.75) is 30.4 Å². The lowest BCUT2D eigenvalue weighted by molar-refractivity contribution is 0.0242. The summed E-state index contributed by atoms with van der Waals surface area (Å²) in [7, 11) is 0. The summed E-state index contributed by atoms with van der Waals surface area (Å²) in [5.41, 5.74) is 1.67. The number of nitrogens with zero attached hydrogens (tertiary/aromatic N) is 3. The van der Waals surface area contributed by atoms with Gasteiger partial charge in [0.1, 0.15) is 5.76 Å². The SMILES string of the molecule is Cc1cc(CSc2ccccc2C(=O)N2CCC(CN3CCOCC3)CC2)on1. The Morgan fingerprint density at radius 1 is 1.17 bits per heavy atom. The number of amides is 1. The molecule has 7 heteroatoms. The molecule has 0 atom stereocenters. The van der Waals surface area contributed by atoms with Crippen LogP contribution in [0.2, 0.25) is 0 Å². The predicted octanol–water partition coefficient (Wildman–Crippen LogP) is 3.46. The highest BCUT2D eigenvalue weighted by Crippen LogP contribution is 2.29. The van der Waals surface area contributed by atoms with Crippen LogP contribution in [0.5, 0.6) is 0 Å². The Bertz CT molecular complexity index is 811. The number of likely N-dealkylation sites (tertiary alicyclic amines) is 1. The van der Waals surface area contributed by atoms with Crippen LogP contribution >= 0.6 is 11.8 Å². The van der Waals surface area contributed by atoms with Crippen LogP contribution in [-0.4, -0.2) is 66.8 Å². The topological polar surface area (TPSA) is 58.8 Å². The van der Waals surface area contributed by atoms with Crippen molar-refractivity contribution in [3.8, 4) is 0 Å². The van der Waals surface area contributed by atoms with E-state index in [4.69, 9.17) is 9.26 Å². The molecule has 2 aromatic rings. The maximum absolute atomic E-state index is 13.2. The molecule has 2 aliphatic heterocycles. The van der Waals surface area contributed by atoms with E-state index in [1.807, 2.05) is 42.2 Å². The summed E-state index contributed by atoms with van der Waals surface area (Å²) in [6.45, 7) is 8.50. The Kier molecular flexibility index (Phi) is 6.90. The molecule has 0 N–H and O–H groups in total. The number of thioether (sulfide) groups is 1. The molecule has 3 heterocycles. The highest BCUT2D eigenvalue weighted by Gasteiger charge is 2.26. The van der Waals surface area contributed by atoms with Crippen molar-refractivity contribution < 1.29 is 14.1 Å². The third-order valence-electron chi connectivity index (χ3n) is 5.69. The Morgan fingerprint density at radius 2 is 1.93 bits per heavy atom. The van der Waals surface area contributed by atoms with Gasteiger partial charge in [-0.25, -0.2) is 0 Å². The van der Waals surface area contributed by atoms with Gasteiger partial charge in [-0.2, -0.15) is 0 Å². The first-order chi connectivity index (χ1) is 14.2. The van der Waals surface area contributed by atoms with Gasteiger partial charge in [-0.1, -0.05) is 17.3 Å². The summed E-state index contributed by atoms with van der Waals surface area (Å²) in [6, 6.07) is 9.83. The van der Waals surface area contributed by atoms with Gasteiger partial charge in [-0.05, 0) is 37.8 Å². The lowest BCUT2D eigenvalue weighted by atomic mass is 9.95. The minimum absolute atomic E-state index is 0.145. The van der Waals surface area contributed by atoms with Gasteiger partial charge in [0.15, 0.2) is 0 Å². The first-order valence-corrected chi connectivity index (χ1v) is 11.4. The number of hydrogen-bond acceptors (Lipinski definition) is 6. The van der Waals surface area contributed by atoms with Crippen molar-refractivity contribution in [1.29, 1.82) is 0 Å². The van der Waals surface area contributed by atoms with E-state index >= 15 is 0 Å². The van der Waals surface area contributed by atoms with E-state index in [1.165, 1.54) is 0 Å². The zero-order valence-corrected chi connectivity index (χ0v) is 17.8. The van der Waals surface area contributed by atoms with Crippen LogP contribution in [0.25, 0.3) is 0 Å². The number of morpholine rings is 1. The molecule has 1 amide bonds. The van der Waals surface area contributed by atoms with Crippen LogP contribution in [0.15, 0.2) is 39.8 Å². The lowest BCUT2D eigenvalue weighted by Gasteiger charge is -2.36. The van der Waals surface area contributed by atoms with Gasteiger partial charge in [0, 0.05) is 43.7 Å². The predicted molar refractivity (Wildman–Crippen MR) is 113 cm³/mol. The number of hydrogen-bond donors (Lipinski definition) is 0. The average Bonchev–Trinajstić information content (AvgIpc) is 3.18. The van der Waals surface area contributed by atoms with E-state index in [0.29, 0.717) is 11.7 Å². The number of aryl methyl sites for hydroxylation is 1. The number of aromatic nitrogens is 1.